The van der Waals surface area contributed by atoms with Crippen molar-refractivity contribution in [1.82, 2.24) is 9.78 Å². The minimum absolute atomic E-state index is 0.260. The summed E-state index contributed by atoms with van der Waals surface area (Å²) in [7, 11) is 1.90. The zero-order chi connectivity index (χ0) is 14.7. The molecule has 1 aromatic heterocycles. The molecule has 0 saturated heterocycles. The molecule has 1 aliphatic heterocycles. The fraction of sp³-hybridized carbons (Fsp3) is 0.400. The van der Waals surface area contributed by atoms with Crippen LogP contribution in [0.1, 0.15) is 11.1 Å². The van der Waals surface area contributed by atoms with E-state index in [4.69, 9.17) is 19.9 Å². The Balaban J connectivity index is 1.68. The molecule has 6 heteroatoms. The van der Waals surface area contributed by atoms with Gasteiger partial charge in [-0.2, -0.15) is 5.10 Å². The SMILES string of the molecule is Cn1cc(CCOc2cc3c(cc2CCN)OCO3)cn1. The van der Waals surface area contributed by atoms with E-state index in [1.165, 1.54) is 0 Å². The van der Waals surface area contributed by atoms with Crippen LogP contribution in [0.25, 0.3) is 0 Å². The highest BCUT2D eigenvalue weighted by atomic mass is 16.7. The molecule has 1 aliphatic rings. The van der Waals surface area contributed by atoms with Crippen molar-refractivity contribution in [1.29, 1.82) is 0 Å². The number of hydrogen-bond donors (Lipinski definition) is 1. The molecular weight excluding hydrogens is 270 g/mol. The van der Waals surface area contributed by atoms with Crippen molar-refractivity contribution in [3.63, 3.8) is 0 Å². The molecule has 0 saturated carbocycles. The van der Waals surface area contributed by atoms with Crippen LogP contribution in [-0.2, 0) is 19.9 Å². The minimum atomic E-state index is 0.260. The number of fused-ring (bicyclic) bond motifs is 1. The predicted molar refractivity (Wildman–Crippen MR) is 77.7 cm³/mol. The van der Waals surface area contributed by atoms with Gasteiger partial charge in [-0.05, 0) is 30.2 Å². The first-order chi connectivity index (χ1) is 10.3. The Morgan fingerprint density at radius 3 is 2.81 bits per heavy atom. The van der Waals surface area contributed by atoms with Crippen molar-refractivity contribution in [2.45, 2.75) is 12.8 Å². The number of benzene rings is 1. The van der Waals surface area contributed by atoms with Gasteiger partial charge in [-0.1, -0.05) is 0 Å². The molecule has 0 radical (unpaired) electrons. The van der Waals surface area contributed by atoms with E-state index in [2.05, 4.69) is 5.10 Å². The molecule has 0 amide bonds. The number of aryl methyl sites for hydroxylation is 1. The third kappa shape index (κ3) is 3.11. The van der Waals surface area contributed by atoms with Crippen LogP contribution < -0.4 is 19.9 Å². The third-order valence-electron chi connectivity index (χ3n) is 3.38. The standard InChI is InChI=1S/C15H19N3O3/c1-18-9-11(8-17-18)3-5-19-13-7-15-14(20-10-21-15)6-12(13)2-4-16/h6-9H,2-5,10,16H2,1H3. The van der Waals surface area contributed by atoms with E-state index >= 15 is 0 Å². The highest BCUT2D eigenvalue weighted by Gasteiger charge is 2.17. The number of rotatable bonds is 6. The Bertz CT molecular complexity index is 625. The van der Waals surface area contributed by atoms with Gasteiger partial charge in [0, 0.05) is 25.7 Å². The van der Waals surface area contributed by atoms with Crippen molar-refractivity contribution in [2.75, 3.05) is 19.9 Å². The smallest absolute Gasteiger partial charge is 0.231 e. The number of aromatic nitrogens is 2. The molecule has 0 atom stereocenters. The first-order valence-electron chi connectivity index (χ1n) is 6.99. The summed E-state index contributed by atoms with van der Waals surface area (Å²) in [5, 5.41) is 4.14. The maximum atomic E-state index is 5.90. The fourth-order valence-corrected chi connectivity index (χ4v) is 2.33. The Morgan fingerprint density at radius 1 is 1.29 bits per heavy atom. The zero-order valence-corrected chi connectivity index (χ0v) is 12.0. The quantitative estimate of drug-likeness (QED) is 0.867. The van der Waals surface area contributed by atoms with Crippen LogP contribution in [0.2, 0.25) is 0 Å². The predicted octanol–water partition coefficient (Wildman–Crippen LogP) is 1.27. The normalized spacial score (nSPS) is 12.7. The molecule has 3 rings (SSSR count). The molecule has 2 N–H and O–H groups in total. The molecule has 6 nitrogen and oxygen atoms in total. The van der Waals surface area contributed by atoms with Gasteiger partial charge in [-0.15, -0.1) is 0 Å². The van der Waals surface area contributed by atoms with Crippen LogP contribution in [0.15, 0.2) is 24.5 Å². The van der Waals surface area contributed by atoms with Gasteiger partial charge in [-0.3, -0.25) is 4.68 Å². The lowest BCUT2D eigenvalue weighted by atomic mass is 10.1. The summed E-state index contributed by atoms with van der Waals surface area (Å²) >= 11 is 0. The van der Waals surface area contributed by atoms with Crippen molar-refractivity contribution < 1.29 is 14.2 Å². The average molecular weight is 289 g/mol. The summed E-state index contributed by atoms with van der Waals surface area (Å²) in [5.74, 6) is 2.30. The molecule has 2 heterocycles. The van der Waals surface area contributed by atoms with E-state index in [1.807, 2.05) is 31.6 Å². The number of ether oxygens (including phenoxy) is 3. The van der Waals surface area contributed by atoms with Gasteiger partial charge in [0.05, 0.1) is 12.8 Å². The Labute approximate surface area is 123 Å². The van der Waals surface area contributed by atoms with Crippen LogP contribution in [0.5, 0.6) is 17.2 Å². The minimum Gasteiger partial charge on any atom is -0.493 e. The van der Waals surface area contributed by atoms with E-state index in [1.54, 1.807) is 4.68 Å². The van der Waals surface area contributed by atoms with Crippen molar-refractivity contribution >= 4 is 0 Å². The van der Waals surface area contributed by atoms with Crippen LogP contribution in [0, 0.1) is 0 Å². The summed E-state index contributed by atoms with van der Waals surface area (Å²) in [6, 6.07) is 3.84. The highest BCUT2D eigenvalue weighted by molar-refractivity contribution is 5.52. The lowest BCUT2D eigenvalue weighted by Gasteiger charge is -2.12. The molecule has 0 spiro atoms. The molecule has 0 unspecified atom stereocenters. The summed E-state index contributed by atoms with van der Waals surface area (Å²) in [6.07, 6.45) is 5.40. The first kappa shape index (κ1) is 13.8. The molecule has 2 aromatic rings. The van der Waals surface area contributed by atoms with Gasteiger partial charge in [-0.25, -0.2) is 0 Å². The summed E-state index contributed by atoms with van der Waals surface area (Å²) in [4.78, 5) is 0. The van der Waals surface area contributed by atoms with E-state index < -0.39 is 0 Å². The number of nitrogens with two attached hydrogens (primary N) is 1. The van der Waals surface area contributed by atoms with Crippen LogP contribution in [0.4, 0.5) is 0 Å². The summed E-state index contributed by atoms with van der Waals surface area (Å²) in [5.41, 5.74) is 7.86. The third-order valence-corrected chi connectivity index (χ3v) is 3.38. The lowest BCUT2D eigenvalue weighted by molar-refractivity contribution is 0.173. The molecule has 0 fully saturated rings. The molecule has 1 aromatic carbocycles. The van der Waals surface area contributed by atoms with Gasteiger partial charge in [0.25, 0.3) is 0 Å². The molecule has 0 aliphatic carbocycles. The second-order valence-electron chi connectivity index (χ2n) is 4.97. The maximum Gasteiger partial charge on any atom is 0.231 e. The van der Waals surface area contributed by atoms with E-state index in [9.17, 15) is 0 Å². The maximum absolute atomic E-state index is 5.90. The van der Waals surface area contributed by atoms with Crippen molar-refractivity contribution in [3.8, 4) is 17.2 Å². The van der Waals surface area contributed by atoms with Gasteiger partial charge < -0.3 is 19.9 Å². The molecule has 21 heavy (non-hydrogen) atoms. The van der Waals surface area contributed by atoms with Crippen LogP contribution in [0.3, 0.4) is 0 Å². The number of nitrogens with zero attached hydrogens (tertiary/aromatic N) is 2. The topological polar surface area (TPSA) is 71.5 Å². The second kappa shape index (κ2) is 6.05. The lowest BCUT2D eigenvalue weighted by Crippen LogP contribution is -2.07. The summed E-state index contributed by atoms with van der Waals surface area (Å²) < 4.78 is 18.5. The second-order valence-corrected chi connectivity index (χ2v) is 4.97. The van der Waals surface area contributed by atoms with Crippen LogP contribution in [-0.4, -0.2) is 29.7 Å². The van der Waals surface area contributed by atoms with E-state index in [0.717, 1.165) is 41.2 Å². The van der Waals surface area contributed by atoms with Crippen molar-refractivity contribution in [3.05, 3.63) is 35.7 Å². The monoisotopic (exact) mass is 289 g/mol. The Kier molecular flexibility index (Phi) is 3.96. The Morgan fingerprint density at radius 2 is 2.10 bits per heavy atom. The fourth-order valence-electron chi connectivity index (χ4n) is 2.33. The zero-order valence-electron chi connectivity index (χ0n) is 12.0. The van der Waals surface area contributed by atoms with Gasteiger partial charge >= 0.3 is 0 Å². The van der Waals surface area contributed by atoms with Crippen molar-refractivity contribution in [2.24, 2.45) is 12.8 Å². The Hall–Kier alpha value is -2.21. The van der Waals surface area contributed by atoms with E-state index in [-0.39, 0.29) is 6.79 Å². The molecule has 0 bridgehead atoms. The first-order valence-corrected chi connectivity index (χ1v) is 6.99. The molecule has 112 valence electrons. The van der Waals surface area contributed by atoms with Crippen LogP contribution >= 0.6 is 0 Å². The van der Waals surface area contributed by atoms with Gasteiger partial charge in [0.15, 0.2) is 11.5 Å². The van der Waals surface area contributed by atoms with Gasteiger partial charge in [0.2, 0.25) is 6.79 Å². The highest BCUT2D eigenvalue weighted by Crippen LogP contribution is 2.38. The largest absolute Gasteiger partial charge is 0.493 e. The number of hydrogen-bond acceptors (Lipinski definition) is 5. The summed E-state index contributed by atoms with van der Waals surface area (Å²) in [6.45, 7) is 1.41. The average Bonchev–Trinajstić information content (AvgIpc) is 3.08. The molecular formula is C15H19N3O3. The van der Waals surface area contributed by atoms with Gasteiger partial charge in [0.1, 0.15) is 5.75 Å². The van der Waals surface area contributed by atoms with E-state index in [0.29, 0.717) is 13.2 Å².